The summed E-state index contributed by atoms with van der Waals surface area (Å²) >= 11 is 1.71. The number of carboxylic acids is 1. The molecular formula is C13H15NO3S. The van der Waals surface area contributed by atoms with Gasteiger partial charge in [0, 0.05) is 17.0 Å². The van der Waals surface area contributed by atoms with E-state index in [9.17, 15) is 4.79 Å². The molecule has 0 saturated heterocycles. The Morgan fingerprint density at radius 3 is 2.83 bits per heavy atom. The number of thiophene rings is 1. The average molecular weight is 265 g/mol. The summed E-state index contributed by atoms with van der Waals surface area (Å²) in [5, 5.41) is 11.0. The average Bonchev–Trinajstić information content (AvgIpc) is 2.88. The van der Waals surface area contributed by atoms with Gasteiger partial charge < -0.3 is 9.52 Å². The third-order valence-corrected chi connectivity index (χ3v) is 3.46. The van der Waals surface area contributed by atoms with Crippen LogP contribution < -0.4 is 0 Å². The highest BCUT2D eigenvalue weighted by Crippen LogP contribution is 2.17. The third kappa shape index (κ3) is 3.00. The van der Waals surface area contributed by atoms with E-state index in [0.29, 0.717) is 17.9 Å². The van der Waals surface area contributed by atoms with Crippen LogP contribution in [0, 0.1) is 6.92 Å². The van der Waals surface area contributed by atoms with E-state index < -0.39 is 5.97 Å². The van der Waals surface area contributed by atoms with E-state index in [1.807, 2.05) is 18.5 Å². The Morgan fingerprint density at radius 2 is 2.28 bits per heavy atom. The van der Waals surface area contributed by atoms with Crippen molar-refractivity contribution >= 4 is 17.3 Å². The van der Waals surface area contributed by atoms with E-state index in [-0.39, 0.29) is 5.76 Å². The fraction of sp³-hybridized carbons (Fsp3) is 0.308. The van der Waals surface area contributed by atoms with Crippen molar-refractivity contribution in [2.45, 2.75) is 20.0 Å². The second-order valence-corrected chi connectivity index (χ2v) is 5.31. The lowest BCUT2D eigenvalue weighted by atomic mass is 10.2. The lowest BCUT2D eigenvalue weighted by Crippen LogP contribution is -2.16. The number of nitrogens with zero attached hydrogens (tertiary/aromatic N) is 1. The summed E-state index contributed by atoms with van der Waals surface area (Å²) in [4.78, 5) is 14.2. The monoisotopic (exact) mass is 265 g/mol. The van der Waals surface area contributed by atoms with E-state index in [4.69, 9.17) is 9.52 Å². The number of furan rings is 1. The molecule has 18 heavy (non-hydrogen) atoms. The standard InChI is InChI=1S/C13H15NO3S/c1-9-6-10(17-12(9)13(15)16)7-14(2)8-11-4-3-5-18-11/h3-6H,7-8H2,1-2H3,(H,15,16). The van der Waals surface area contributed by atoms with Crippen molar-refractivity contribution in [1.82, 2.24) is 4.90 Å². The van der Waals surface area contributed by atoms with Gasteiger partial charge in [-0.15, -0.1) is 11.3 Å². The zero-order chi connectivity index (χ0) is 13.1. The van der Waals surface area contributed by atoms with Crippen LogP contribution in [0.2, 0.25) is 0 Å². The Hall–Kier alpha value is -1.59. The van der Waals surface area contributed by atoms with Crippen LogP contribution in [0.5, 0.6) is 0 Å². The number of aromatic carboxylic acids is 1. The SMILES string of the molecule is Cc1cc(CN(C)Cc2cccs2)oc1C(=O)O. The summed E-state index contributed by atoms with van der Waals surface area (Å²) < 4.78 is 5.33. The topological polar surface area (TPSA) is 53.7 Å². The third-order valence-electron chi connectivity index (χ3n) is 2.59. The first kappa shape index (κ1) is 12.9. The van der Waals surface area contributed by atoms with Gasteiger partial charge in [0.1, 0.15) is 5.76 Å². The molecule has 0 aliphatic heterocycles. The van der Waals surface area contributed by atoms with Crippen LogP contribution >= 0.6 is 11.3 Å². The Labute approximate surface area is 109 Å². The molecule has 0 bridgehead atoms. The van der Waals surface area contributed by atoms with Gasteiger partial charge in [-0.05, 0) is 31.5 Å². The predicted molar refractivity (Wildman–Crippen MR) is 69.9 cm³/mol. The molecule has 96 valence electrons. The summed E-state index contributed by atoms with van der Waals surface area (Å²) in [5.41, 5.74) is 0.669. The van der Waals surface area contributed by atoms with Crippen LogP contribution in [-0.2, 0) is 13.1 Å². The molecule has 2 aromatic rings. The minimum atomic E-state index is -1.01. The van der Waals surface area contributed by atoms with Crippen LogP contribution in [0.15, 0.2) is 28.0 Å². The van der Waals surface area contributed by atoms with Gasteiger partial charge in [-0.25, -0.2) is 4.79 Å². The van der Waals surface area contributed by atoms with Crippen LogP contribution in [-0.4, -0.2) is 23.0 Å². The van der Waals surface area contributed by atoms with E-state index in [1.165, 1.54) is 4.88 Å². The van der Waals surface area contributed by atoms with Crippen molar-refractivity contribution in [3.8, 4) is 0 Å². The molecule has 0 aliphatic carbocycles. The number of hydrogen-bond acceptors (Lipinski definition) is 4. The number of carboxylic acid groups (broad SMARTS) is 1. The molecule has 0 amide bonds. The van der Waals surface area contributed by atoms with Gasteiger partial charge in [0.2, 0.25) is 5.76 Å². The van der Waals surface area contributed by atoms with Crippen molar-refractivity contribution in [3.63, 3.8) is 0 Å². The van der Waals surface area contributed by atoms with Crippen LogP contribution in [0.25, 0.3) is 0 Å². The highest BCUT2D eigenvalue weighted by molar-refractivity contribution is 7.09. The predicted octanol–water partition coefficient (Wildman–Crippen LogP) is 2.98. The smallest absolute Gasteiger partial charge is 0.372 e. The summed E-state index contributed by atoms with van der Waals surface area (Å²) in [6.45, 7) is 3.18. The molecule has 0 radical (unpaired) electrons. The molecule has 4 nitrogen and oxygen atoms in total. The maximum atomic E-state index is 10.9. The van der Waals surface area contributed by atoms with E-state index in [1.54, 1.807) is 24.3 Å². The maximum Gasteiger partial charge on any atom is 0.372 e. The van der Waals surface area contributed by atoms with E-state index >= 15 is 0 Å². The van der Waals surface area contributed by atoms with Crippen molar-refractivity contribution in [1.29, 1.82) is 0 Å². The quantitative estimate of drug-likeness (QED) is 0.903. The number of rotatable bonds is 5. The van der Waals surface area contributed by atoms with E-state index in [0.717, 1.165) is 6.54 Å². The van der Waals surface area contributed by atoms with Crippen molar-refractivity contribution in [2.75, 3.05) is 7.05 Å². The summed E-state index contributed by atoms with van der Waals surface area (Å²) in [7, 11) is 1.98. The summed E-state index contributed by atoms with van der Waals surface area (Å²) in [6.07, 6.45) is 0. The first-order chi connectivity index (χ1) is 8.56. The highest BCUT2D eigenvalue weighted by Gasteiger charge is 2.15. The molecule has 2 rings (SSSR count). The molecule has 0 spiro atoms. The summed E-state index contributed by atoms with van der Waals surface area (Å²) in [5.74, 6) is -0.293. The fourth-order valence-electron chi connectivity index (χ4n) is 1.83. The number of aryl methyl sites for hydroxylation is 1. The summed E-state index contributed by atoms with van der Waals surface area (Å²) in [6, 6.07) is 5.89. The molecule has 0 unspecified atom stereocenters. The van der Waals surface area contributed by atoms with Gasteiger partial charge in [-0.1, -0.05) is 6.07 Å². The zero-order valence-corrected chi connectivity index (χ0v) is 11.2. The van der Waals surface area contributed by atoms with Crippen LogP contribution in [0.1, 0.15) is 26.8 Å². The molecule has 2 heterocycles. The lowest BCUT2D eigenvalue weighted by molar-refractivity contribution is 0.0657. The first-order valence-corrected chi connectivity index (χ1v) is 6.47. The molecule has 0 fully saturated rings. The van der Waals surface area contributed by atoms with Gasteiger partial charge in [0.15, 0.2) is 0 Å². The molecule has 0 atom stereocenters. The van der Waals surface area contributed by atoms with Gasteiger partial charge in [-0.3, -0.25) is 4.90 Å². The molecule has 0 aromatic carbocycles. The molecule has 5 heteroatoms. The maximum absolute atomic E-state index is 10.9. The van der Waals surface area contributed by atoms with Gasteiger partial charge in [-0.2, -0.15) is 0 Å². The zero-order valence-electron chi connectivity index (χ0n) is 10.3. The normalized spacial score (nSPS) is 11.1. The lowest BCUT2D eigenvalue weighted by Gasteiger charge is -2.13. The molecule has 2 aromatic heterocycles. The van der Waals surface area contributed by atoms with E-state index in [2.05, 4.69) is 11.0 Å². The number of hydrogen-bond donors (Lipinski definition) is 1. The molecule has 0 saturated carbocycles. The number of carbonyl (C=O) groups is 1. The molecule has 0 aliphatic rings. The largest absolute Gasteiger partial charge is 0.475 e. The molecule has 1 N–H and O–H groups in total. The highest BCUT2D eigenvalue weighted by atomic mass is 32.1. The minimum Gasteiger partial charge on any atom is -0.475 e. The first-order valence-electron chi connectivity index (χ1n) is 5.60. The van der Waals surface area contributed by atoms with Gasteiger partial charge >= 0.3 is 5.97 Å². The second kappa shape index (κ2) is 5.37. The van der Waals surface area contributed by atoms with Crippen molar-refractivity contribution in [2.24, 2.45) is 0 Å². The van der Waals surface area contributed by atoms with Gasteiger partial charge in [0.25, 0.3) is 0 Å². The minimum absolute atomic E-state index is 0.0366. The Bertz CT molecular complexity index is 530. The fourth-order valence-corrected chi connectivity index (χ4v) is 2.61. The van der Waals surface area contributed by atoms with Crippen LogP contribution in [0.4, 0.5) is 0 Å². The Kier molecular flexibility index (Phi) is 3.84. The molecular weight excluding hydrogens is 250 g/mol. The van der Waals surface area contributed by atoms with Crippen LogP contribution in [0.3, 0.4) is 0 Å². The van der Waals surface area contributed by atoms with Crippen molar-refractivity contribution < 1.29 is 14.3 Å². The van der Waals surface area contributed by atoms with Crippen molar-refractivity contribution in [3.05, 3.63) is 45.5 Å². The van der Waals surface area contributed by atoms with Gasteiger partial charge in [0.05, 0.1) is 6.54 Å². The second-order valence-electron chi connectivity index (χ2n) is 4.28. The Balaban J connectivity index is 2.01. The Morgan fingerprint density at radius 1 is 1.50 bits per heavy atom.